The molecule has 19 heavy (non-hydrogen) atoms. The molecular formula is C11H12N4O4. The number of anilines is 1. The molecule has 1 rings (SSSR count). The van der Waals surface area contributed by atoms with E-state index in [1.807, 2.05) is 0 Å². The molecule has 0 aliphatic heterocycles. The van der Waals surface area contributed by atoms with Gasteiger partial charge in [-0.25, -0.2) is 0 Å². The first kappa shape index (κ1) is 14.6. The summed E-state index contributed by atoms with van der Waals surface area (Å²) >= 11 is 0. The summed E-state index contributed by atoms with van der Waals surface area (Å²) in [5, 5.41) is 21.8. The summed E-state index contributed by atoms with van der Waals surface area (Å²) in [6.45, 7) is 0.265. The van der Waals surface area contributed by atoms with E-state index in [-0.39, 0.29) is 36.7 Å². The van der Waals surface area contributed by atoms with Crippen molar-refractivity contribution in [3.8, 4) is 6.07 Å². The first-order valence-electron chi connectivity index (χ1n) is 5.34. The summed E-state index contributed by atoms with van der Waals surface area (Å²) in [5.41, 5.74) is 5.01. The number of nitrogens with two attached hydrogens (primary N) is 1. The van der Waals surface area contributed by atoms with Crippen LogP contribution in [0.15, 0.2) is 18.2 Å². The van der Waals surface area contributed by atoms with Gasteiger partial charge < -0.3 is 15.8 Å². The summed E-state index contributed by atoms with van der Waals surface area (Å²) in [5.74, 6) is -0.527. The van der Waals surface area contributed by atoms with Gasteiger partial charge in [0.25, 0.3) is 11.6 Å². The van der Waals surface area contributed by atoms with Gasteiger partial charge in [-0.15, -0.1) is 0 Å². The first-order chi connectivity index (χ1) is 9.08. The predicted molar refractivity (Wildman–Crippen MR) is 66.3 cm³/mol. The van der Waals surface area contributed by atoms with Gasteiger partial charge in [-0.2, -0.15) is 5.26 Å². The number of nitriles is 1. The molecule has 3 N–H and O–H groups in total. The zero-order valence-corrected chi connectivity index (χ0v) is 9.96. The lowest BCUT2D eigenvalue weighted by atomic mass is 10.2. The lowest BCUT2D eigenvalue weighted by molar-refractivity contribution is -0.383. The summed E-state index contributed by atoms with van der Waals surface area (Å²) in [7, 11) is 0. The number of benzene rings is 1. The van der Waals surface area contributed by atoms with Gasteiger partial charge >= 0.3 is 0 Å². The number of hydrogen-bond donors (Lipinski definition) is 2. The van der Waals surface area contributed by atoms with Crippen LogP contribution in [0.5, 0.6) is 0 Å². The number of nitro groups is 1. The Morgan fingerprint density at radius 3 is 2.89 bits per heavy atom. The fourth-order valence-electron chi connectivity index (χ4n) is 1.29. The van der Waals surface area contributed by atoms with E-state index < -0.39 is 10.8 Å². The molecule has 0 spiro atoms. The molecule has 0 atom stereocenters. The number of carbonyl (C=O) groups is 1. The summed E-state index contributed by atoms with van der Waals surface area (Å²) < 4.78 is 4.90. The molecule has 0 aliphatic rings. The number of rotatable bonds is 6. The van der Waals surface area contributed by atoms with E-state index >= 15 is 0 Å². The van der Waals surface area contributed by atoms with Crippen molar-refractivity contribution in [3.05, 3.63) is 33.9 Å². The molecule has 0 bridgehead atoms. The third kappa shape index (κ3) is 4.34. The molecule has 0 heterocycles. The van der Waals surface area contributed by atoms with Crippen molar-refractivity contribution in [2.45, 2.75) is 0 Å². The second-order valence-electron chi connectivity index (χ2n) is 3.49. The Kier molecular flexibility index (Phi) is 5.40. The van der Waals surface area contributed by atoms with Crippen LogP contribution in [0, 0.1) is 21.4 Å². The van der Waals surface area contributed by atoms with Crippen LogP contribution in [0.4, 0.5) is 11.4 Å². The molecule has 8 nitrogen and oxygen atoms in total. The number of amides is 1. The van der Waals surface area contributed by atoms with E-state index in [1.54, 1.807) is 6.07 Å². The van der Waals surface area contributed by atoms with Crippen molar-refractivity contribution >= 4 is 17.3 Å². The van der Waals surface area contributed by atoms with Crippen molar-refractivity contribution in [3.63, 3.8) is 0 Å². The van der Waals surface area contributed by atoms with Crippen molar-refractivity contribution < 1.29 is 14.5 Å². The van der Waals surface area contributed by atoms with E-state index in [0.717, 1.165) is 6.07 Å². The Morgan fingerprint density at radius 2 is 2.32 bits per heavy atom. The highest BCUT2D eigenvalue weighted by Gasteiger charge is 2.16. The standard InChI is InChI=1S/C11H12N4O4/c12-3-4-19-7-11(16)14-9-2-1-8(6-13)5-10(9)15(17)18/h1-2,5H,3-4,7,12H2,(H,14,16). The van der Waals surface area contributed by atoms with E-state index in [1.165, 1.54) is 12.1 Å². The quantitative estimate of drug-likeness (QED) is 0.433. The van der Waals surface area contributed by atoms with Gasteiger partial charge in [0, 0.05) is 12.6 Å². The molecule has 8 heteroatoms. The van der Waals surface area contributed by atoms with Crippen LogP contribution in [0.25, 0.3) is 0 Å². The topological polar surface area (TPSA) is 131 Å². The molecule has 0 fully saturated rings. The lowest BCUT2D eigenvalue weighted by Gasteiger charge is -2.06. The number of ether oxygens (including phenoxy) is 1. The van der Waals surface area contributed by atoms with E-state index in [2.05, 4.69) is 5.32 Å². The monoisotopic (exact) mass is 264 g/mol. The molecule has 1 amide bonds. The van der Waals surface area contributed by atoms with Crippen LogP contribution < -0.4 is 11.1 Å². The summed E-state index contributed by atoms with van der Waals surface area (Å²) in [6, 6.07) is 5.56. The highest BCUT2D eigenvalue weighted by Crippen LogP contribution is 2.25. The molecular weight excluding hydrogens is 252 g/mol. The zero-order chi connectivity index (χ0) is 14.3. The molecule has 0 saturated carbocycles. The van der Waals surface area contributed by atoms with E-state index in [0.29, 0.717) is 0 Å². The van der Waals surface area contributed by atoms with Gasteiger partial charge in [0.1, 0.15) is 12.3 Å². The fraction of sp³-hybridized carbons (Fsp3) is 0.273. The van der Waals surface area contributed by atoms with Crippen LogP contribution in [-0.4, -0.2) is 30.6 Å². The molecule has 0 unspecified atom stereocenters. The third-order valence-corrected chi connectivity index (χ3v) is 2.09. The van der Waals surface area contributed by atoms with Crippen molar-refractivity contribution in [2.24, 2.45) is 5.73 Å². The van der Waals surface area contributed by atoms with Gasteiger partial charge in [0.05, 0.1) is 23.2 Å². The maximum atomic E-state index is 11.5. The minimum Gasteiger partial charge on any atom is -0.370 e. The van der Waals surface area contributed by atoms with Gasteiger partial charge in [0.15, 0.2) is 0 Å². The minimum absolute atomic E-state index is 0.0188. The molecule has 1 aromatic rings. The highest BCUT2D eigenvalue weighted by molar-refractivity contribution is 5.94. The number of nitrogens with zero attached hydrogens (tertiary/aromatic N) is 2. The Labute approximate surface area is 108 Å². The second kappa shape index (κ2) is 7.05. The van der Waals surface area contributed by atoms with Crippen LogP contribution in [0.1, 0.15) is 5.56 Å². The lowest BCUT2D eigenvalue weighted by Crippen LogP contribution is -2.21. The molecule has 100 valence electrons. The van der Waals surface area contributed by atoms with Crippen molar-refractivity contribution in [1.82, 2.24) is 0 Å². The van der Waals surface area contributed by atoms with Crippen LogP contribution >= 0.6 is 0 Å². The third-order valence-electron chi connectivity index (χ3n) is 2.09. The fourth-order valence-corrected chi connectivity index (χ4v) is 1.29. The zero-order valence-electron chi connectivity index (χ0n) is 9.96. The van der Waals surface area contributed by atoms with Crippen LogP contribution in [0.2, 0.25) is 0 Å². The smallest absolute Gasteiger partial charge is 0.294 e. The molecule has 1 aromatic carbocycles. The number of hydrogen-bond acceptors (Lipinski definition) is 6. The maximum absolute atomic E-state index is 11.5. The summed E-state index contributed by atoms with van der Waals surface area (Å²) in [6.07, 6.45) is 0. The average molecular weight is 264 g/mol. The second-order valence-corrected chi connectivity index (χ2v) is 3.49. The molecule has 0 aromatic heterocycles. The first-order valence-corrected chi connectivity index (χ1v) is 5.34. The Bertz CT molecular complexity index is 524. The number of carbonyl (C=O) groups excluding carboxylic acids is 1. The van der Waals surface area contributed by atoms with Crippen molar-refractivity contribution in [1.29, 1.82) is 5.26 Å². The predicted octanol–water partition coefficient (Wildman–Crippen LogP) is 0.380. The minimum atomic E-state index is -0.669. The van der Waals surface area contributed by atoms with Gasteiger partial charge in [-0.3, -0.25) is 14.9 Å². The Morgan fingerprint density at radius 1 is 1.58 bits per heavy atom. The molecule has 0 radical (unpaired) electrons. The summed E-state index contributed by atoms with van der Waals surface area (Å²) in [4.78, 5) is 21.6. The largest absolute Gasteiger partial charge is 0.370 e. The van der Waals surface area contributed by atoms with Crippen molar-refractivity contribution in [2.75, 3.05) is 25.1 Å². The highest BCUT2D eigenvalue weighted by atomic mass is 16.6. The van der Waals surface area contributed by atoms with Crippen LogP contribution in [-0.2, 0) is 9.53 Å². The van der Waals surface area contributed by atoms with Crippen LogP contribution in [0.3, 0.4) is 0 Å². The molecule has 0 aliphatic carbocycles. The Hall–Kier alpha value is -2.50. The van der Waals surface area contributed by atoms with E-state index in [9.17, 15) is 14.9 Å². The molecule has 0 saturated heterocycles. The average Bonchev–Trinajstić information content (AvgIpc) is 2.39. The SMILES string of the molecule is N#Cc1ccc(NC(=O)COCCN)c([N+](=O)[O-])c1. The van der Waals surface area contributed by atoms with E-state index in [4.69, 9.17) is 15.7 Å². The van der Waals surface area contributed by atoms with Gasteiger partial charge in [-0.1, -0.05) is 0 Å². The Balaban J connectivity index is 2.80. The van der Waals surface area contributed by atoms with Gasteiger partial charge in [0.2, 0.25) is 0 Å². The normalized spacial score (nSPS) is 9.68. The van der Waals surface area contributed by atoms with Gasteiger partial charge in [-0.05, 0) is 12.1 Å². The number of nitrogens with one attached hydrogen (secondary N) is 1. The maximum Gasteiger partial charge on any atom is 0.294 e. The number of nitro benzene ring substituents is 1.